The SMILES string of the molecule is CCOc1cc([C@H]2Nc3ccccc3NC3=C2C(=O)C[C@H](c2cccs2)C3)cc(Br)c1O. The third kappa shape index (κ3) is 3.80. The number of fused-ring (bicyclic) bond motifs is 1. The average molecular weight is 511 g/mol. The largest absolute Gasteiger partial charge is 0.503 e. The van der Waals surface area contributed by atoms with Gasteiger partial charge in [-0.1, -0.05) is 18.2 Å². The molecule has 7 heteroatoms. The summed E-state index contributed by atoms with van der Waals surface area (Å²) in [6.07, 6.45) is 1.25. The number of thiophene rings is 1. The van der Waals surface area contributed by atoms with Gasteiger partial charge in [-0.15, -0.1) is 11.3 Å². The van der Waals surface area contributed by atoms with Gasteiger partial charge in [0.25, 0.3) is 0 Å². The third-order valence-electron chi connectivity index (χ3n) is 5.94. The van der Waals surface area contributed by atoms with Gasteiger partial charge in [0.15, 0.2) is 17.3 Å². The second-order valence-electron chi connectivity index (χ2n) is 7.97. The predicted octanol–water partition coefficient (Wildman–Crippen LogP) is 6.59. The Bertz CT molecular complexity index is 1210. The average Bonchev–Trinajstić information content (AvgIpc) is 3.26. The highest BCUT2D eigenvalue weighted by Gasteiger charge is 2.36. The van der Waals surface area contributed by atoms with Crippen LogP contribution in [-0.4, -0.2) is 17.5 Å². The minimum Gasteiger partial charge on any atom is -0.503 e. The second kappa shape index (κ2) is 8.64. The number of hydrogen-bond acceptors (Lipinski definition) is 6. The lowest BCUT2D eigenvalue weighted by atomic mass is 9.80. The molecule has 0 saturated heterocycles. The van der Waals surface area contributed by atoms with E-state index in [-0.39, 0.29) is 23.5 Å². The minimum atomic E-state index is -0.367. The van der Waals surface area contributed by atoms with Gasteiger partial charge in [-0.25, -0.2) is 0 Å². The highest BCUT2D eigenvalue weighted by atomic mass is 79.9. The molecule has 164 valence electrons. The molecule has 0 bridgehead atoms. The number of Topliss-reactive ketones (excluding diaryl/α,β-unsaturated/α-hetero) is 1. The highest BCUT2D eigenvalue weighted by Crippen LogP contribution is 2.46. The molecule has 0 amide bonds. The zero-order valence-electron chi connectivity index (χ0n) is 17.5. The first-order valence-electron chi connectivity index (χ1n) is 10.6. The molecule has 32 heavy (non-hydrogen) atoms. The van der Waals surface area contributed by atoms with Crippen LogP contribution in [0.4, 0.5) is 11.4 Å². The third-order valence-corrected chi connectivity index (χ3v) is 7.58. The number of anilines is 2. The Hall–Kier alpha value is -2.77. The molecule has 0 radical (unpaired) electrons. The van der Waals surface area contributed by atoms with E-state index in [0.29, 0.717) is 23.2 Å². The number of phenolic OH excluding ortho intramolecular Hbond substituents is 1. The van der Waals surface area contributed by atoms with Crippen molar-refractivity contribution in [3.05, 3.63) is 80.1 Å². The van der Waals surface area contributed by atoms with Crippen molar-refractivity contribution in [3.63, 3.8) is 0 Å². The number of phenols is 1. The van der Waals surface area contributed by atoms with Crippen LogP contribution in [0, 0.1) is 0 Å². The Morgan fingerprint density at radius 2 is 1.97 bits per heavy atom. The Kier molecular flexibility index (Phi) is 5.69. The molecule has 2 aliphatic rings. The molecule has 5 nitrogen and oxygen atoms in total. The van der Waals surface area contributed by atoms with Gasteiger partial charge >= 0.3 is 0 Å². The number of para-hydroxylation sites is 2. The van der Waals surface area contributed by atoms with Crippen molar-refractivity contribution in [2.45, 2.75) is 31.7 Å². The molecule has 0 spiro atoms. The molecular formula is C25H23BrN2O3S. The van der Waals surface area contributed by atoms with E-state index in [1.165, 1.54) is 4.88 Å². The zero-order chi connectivity index (χ0) is 22.2. The lowest BCUT2D eigenvalue weighted by Crippen LogP contribution is -2.26. The van der Waals surface area contributed by atoms with E-state index >= 15 is 0 Å². The lowest BCUT2D eigenvalue weighted by molar-refractivity contribution is -0.116. The summed E-state index contributed by atoms with van der Waals surface area (Å²) in [5, 5.41) is 19.6. The Balaban J connectivity index is 1.64. The smallest absolute Gasteiger partial charge is 0.172 e. The van der Waals surface area contributed by atoms with E-state index in [9.17, 15) is 9.90 Å². The lowest BCUT2D eigenvalue weighted by Gasteiger charge is -2.29. The van der Waals surface area contributed by atoms with Crippen LogP contribution in [0.25, 0.3) is 0 Å². The Labute approximate surface area is 199 Å². The fourth-order valence-electron chi connectivity index (χ4n) is 4.49. The molecule has 1 aromatic heterocycles. The van der Waals surface area contributed by atoms with Crippen LogP contribution in [0.3, 0.4) is 0 Å². The van der Waals surface area contributed by atoms with Crippen LogP contribution in [-0.2, 0) is 4.79 Å². The first-order chi connectivity index (χ1) is 15.5. The molecule has 5 rings (SSSR count). The second-order valence-corrected chi connectivity index (χ2v) is 9.80. The van der Waals surface area contributed by atoms with Crippen LogP contribution in [0.2, 0.25) is 0 Å². The number of ketones is 1. The summed E-state index contributed by atoms with van der Waals surface area (Å²) in [6.45, 7) is 2.31. The van der Waals surface area contributed by atoms with E-state index in [1.807, 2.05) is 49.4 Å². The van der Waals surface area contributed by atoms with Crippen molar-refractivity contribution in [2.24, 2.45) is 0 Å². The van der Waals surface area contributed by atoms with Crippen molar-refractivity contribution >= 4 is 44.4 Å². The van der Waals surface area contributed by atoms with Crippen molar-refractivity contribution in [1.29, 1.82) is 0 Å². The molecule has 1 aliphatic heterocycles. The van der Waals surface area contributed by atoms with Crippen molar-refractivity contribution < 1.29 is 14.6 Å². The summed E-state index contributed by atoms with van der Waals surface area (Å²) >= 11 is 5.15. The molecule has 0 unspecified atom stereocenters. The van der Waals surface area contributed by atoms with Crippen LogP contribution >= 0.6 is 27.3 Å². The maximum atomic E-state index is 13.6. The number of ether oxygens (including phenoxy) is 1. The number of aromatic hydroxyl groups is 1. The number of hydrogen-bond donors (Lipinski definition) is 3. The van der Waals surface area contributed by atoms with E-state index in [0.717, 1.165) is 34.6 Å². The highest BCUT2D eigenvalue weighted by molar-refractivity contribution is 9.10. The van der Waals surface area contributed by atoms with E-state index in [2.05, 4.69) is 38.0 Å². The van der Waals surface area contributed by atoms with Gasteiger partial charge in [-0.2, -0.15) is 0 Å². The van der Waals surface area contributed by atoms with Crippen LogP contribution in [0.1, 0.15) is 42.2 Å². The van der Waals surface area contributed by atoms with Gasteiger partial charge in [0.05, 0.1) is 28.5 Å². The summed E-state index contributed by atoms with van der Waals surface area (Å²) in [5.74, 6) is 0.755. The minimum absolute atomic E-state index is 0.0599. The number of benzene rings is 2. The van der Waals surface area contributed by atoms with Crippen LogP contribution < -0.4 is 15.4 Å². The van der Waals surface area contributed by atoms with Crippen molar-refractivity contribution in [1.82, 2.24) is 0 Å². The molecule has 1 aliphatic carbocycles. The number of allylic oxidation sites excluding steroid dienone is 1. The number of halogens is 1. The number of carbonyl (C=O) groups excluding carboxylic acids is 1. The monoisotopic (exact) mass is 510 g/mol. The number of carbonyl (C=O) groups is 1. The fraction of sp³-hybridized carbons (Fsp3) is 0.240. The molecular weight excluding hydrogens is 488 g/mol. The Morgan fingerprint density at radius 3 is 2.72 bits per heavy atom. The van der Waals surface area contributed by atoms with Crippen molar-refractivity contribution in [2.75, 3.05) is 17.2 Å². The topological polar surface area (TPSA) is 70.6 Å². The normalized spacial score (nSPS) is 20.0. The maximum absolute atomic E-state index is 13.6. The summed E-state index contributed by atoms with van der Waals surface area (Å²) in [5.41, 5.74) is 4.42. The van der Waals surface area contributed by atoms with Gasteiger partial charge < -0.3 is 20.5 Å². The first-order valence-corrected chi connectivity index (χ1v) is 12.3. The van der Waals surface area contributed by atoms with Gasteiger partial charge in [-0.3, -0.25) is 4.79 Å². The molecule has 2 heterocycles. The van der Waals surface area contributed by atoms with E-state index in [1.54, 1.807) is 11.3 Å². The predicted molar refractivity (Wildman–Crippen MR) is 132 cm³/mol. The Morgan fingerprint density at radius 1 is 1.16 bits per heavy atom. The van der Waals surface area contributed by atoms with Crippen LogP contribution in [0.15, 0.2) is 69.7 Å². The fourth-order valence-corrected chi connectivity index (χ4v) is 5.78. The van der Waals surface area contributed by atoms with Gasteiger partial charge in [0.1, 0.15) is 0 Å². The maximum Gasteiger partial charge on any atom is 0.172 e. The van der Waals surface area contributed by atoms with Crippen molar-refractivity contribution in [3.8, 4) is 11.5 Å². The number of rotatable bonds is 4. The first kappa shape index (κ1) is 21.1. The zero-order valence-corrected chi connectivity index (χ0v) is 19.9. The van der Waals surface area contributed by atoms with E-state index in [4.69, 9.17) is 4.74 Å². The van der Waals surface area contributed by atoms with Crippen LogP contribution in [0.5, 0.6) is 11.5 Å². The number of nitrogens with one attached hydrogen (secondary N) is 2. The summed E-state index contributed by atoms with van der Waals surface area (Å²) in [4.78, 5) is 14.8. The molecule has 0 saturated carbocycles. The van der Waals surface area contributed by atoms with Gasteiger partial charge in [0.2, 0.25) is 0 Å². The molecule has 2 aromatic carbocycles. The van der Waals surface area contributed by atoms with Gasteiger partial charge in [-0.05, 0) is 70.5 Å². The molecule has 2 atom stereocenters. The summed E-state index contributed by atoms with van der Waals surface area (Å²) in [7, 11) is 0. The van der Waals surface area contributed by atoms with E-state index < -0.39 is 0 Å². The quantitative estimate of drug-likeness (QED) is 0.369. The van der Waals surface area contributed by atoms with Gasteiger partial charge in [0, 0.05) is 28.5 Å². The standard InChI is InChI=1S/C25H23BrN2O3S/c1-2-31-21-13-15(10-16(26)25(21)30)24-23-19(27-17-6-3-4-7-18(17)28-24)11-14(12-20(23)29)22-8-5-9-32-22/h3-10,13-14,24,27-28,30H,2,11-12H2,1H3/t14-,24-/m1/s1. The summed E-state index contributed by atoms with van der Waals surface area (Å²) in [6, 6.07) is 15.4. The molecule has 3 N–H and O–H groups in total. The summed E-state index contributed by atoms with van der Waals surface area (Å²) < 4.78 is 6.19. The molecule has 3 aromatic rings. The molecule has 0 fully saturated rings.